The van der Waals surface area contributed by atoms with Crippen molar-refractivity contribution in [2.24, 2.45) is 0 Å². The summed E-state index contributed by atoms with van der Waals surface area (Å²) < 4.78 is 11.3. The lowest BCUT2D eigenvalue weighted by Crippen LogP contribution is -2.29. The van der Waals surface area contributed by atoms with Gasteiger partial charge in [-0.1, -0.05) is 48.5 Å². The number of methoxy groups -OCH3 is 1. The molecule has 1 aliphatic rings. The van der Waals surface area contributed by atoms with Gasteiger partial charge in [0.25, 0.3) is 11.7 Å². The van der Waals surface area contributed by atoms with Gasteiger partial charge in [-0.2, -0.15) is 0 Å². The molecule has 7 nitrogen and oxygen atoms in total. The summed E-state index contributed by atoms with van der Waals surface area (Å²) in [6.07, 6.45) is 3.30. The normalized spacial score (nSPS) is 16.4. The molecule has 1 saturated heterocycles. The van der Waals surface area contributed by atoms with E-state index >= 15 is 0 Å². The zero-order chi connectivity index (χ0) is 27.4. The number of rotatable bonds is 8. The molecule has 196 valence electrons. The average Bonchev–Trinajstić information content (AvgIpc) is 3.22. The molecule has 1 aromatic heterocycles. The molecule has 1 fully saturated rings. The zero-order valence-corrected chi connectivity index (χ0v) is 21.7. The Kier molecular flexibility index (Phi) is 7.41. The first-order valence-corrected chi connectivity index (χ1v) is 12.6. The second kappa shape index (κ2) is 11.2. The molecule has 1 aliphatic heterocycles. The maximum atomic E-state index is 13.4. The Hall–Kier alpha value is -4.91. The number of hydrogen-bond acceptors (Lipinski definition) is 6. The molecule has 0 saturated carbocycles. The minimum atomic E-state index is -0.787. The van der Waals surface area contributed by atoms with Gasteiger partial charge in [-0.05, 0) is 65.6 Å². The van der Waals surface area contributed by atoms with E-state index < -0.39 is 17.7 Å². The van der Waals surface area contributed by atoms with E-state index in [1.165, 1.54) is 4.90 Å². The minimum absolute atomic E-state index is 0.0337. The number of amides is 1. The summed E-state index contributed by atoms with van der Waals surface area (Å²) in [5.74, 6) is -0.343. The number of likely N-dealkylation sites (tertiary alicyclic amines) is 1. The van der Waals surface area contributed by atoms with Gasteiger partial charge in [-0.3, -0.25) is 14.6 Å². The van der Waals surface area contributed by atoms with Crippen LogP contribution in [0, 0.1) is 6.92 Å². The lowest BCUT2D eigenvalue weighted by Gasteiger charge is -2.25. The monoisotopic (exact) mass is 520 g/mol. The summed E-state index contributed by atoms with van der Waals surface area (Å²) in [5, 5.41) is 11.5. The molecular weight excluding hydrogens is 492 g/mol. The third-order valence-corrected chi connectivity index (χ3v) is 6.73. The van der Waals surface area contributed by atoms with Crippen LogP contribution in [-0.4, -0.2) is 33.8 Å². The smallest absolute Gasteiger partial charge is 0.295 e. The van der Waals surface area contributed by atoms with Crippen molar-refractivity contribution in [3.63, 3.8) is 0 Å². The molecule has 1 N–H and O–H groups in total. The summed E-state index contributed by atoms with van der Waals surface area (Å²) in [6.45, 7) is 2.44. The highest BCUT2D eigenvalue weighted by Crippen LogP contribution is 2.41. The average molecular weight is 521 g/mol. The van der Waals surface area contributed by atoms with Gasteiger partial charge in [-0.15, -0.1) is 0 Å². The van der Waals surface area contributed by atoms with Crippen molar-refractivity contribution >= 4 is 17.4 Å². The van der Waals surface area contributed by atoms with Crippen LogP contribution < -0.4 is 9.47 Å². The van der Waals surface area contributed by atoms with Gasteiger partial charge in [0, 0.05) is 24.5 Å². The molecule has 1 amide bonds. The molecule has 2 heterocycles. The van der Waals surface area contributed by atoms with Gasteiger partial charge < -0.3 is 19.5 Å². The van der Waals surface area contributed by atoms with Crippen LogP contribution in [0.2, 0.25) is 0 Å². The van der Waals surface area contributed by atoms with Gasteiger partial charge in [-0.25, -0.2) is 0 Å². The Bertz CT molecular complexity index is 1520. The van der Waals surface area contributed by atoms with Crippen LogP contribution in [0.5, 0.6) is 11.5 Å². The Morgan fingerprint density at radius 3 is 2.36 bits per heavy atom. The Morgan fingerprint density at radius 1 is 0.949 bits per heavy atom. The Labute approximate surface area is 227 Å². The quantitative estimate of drug-likeness (QED) is 0.185. The van der Waals surface area contributed by atoms with E-state index in [-0.39, 0.29) is 17.9 Å². The van der Waals surface area contributed by atoms with Crippen LogP contribution in [0.3, 0.4) is 0 Å². The van der Waals surface area contributed by atoms with Gasteiger partial charge in [0.2, 0.25) is 0 Å². The number of aliphatic hydroxyl groups excluding tert-OH is 1. The molecule has 39 heavy (non-hydrogen) atoms. The van der Waals surface area contributed by atoms with E-state index in [9.17, 15) is 14.7 Å². The highest BCUT2D eigenvalue weighted by atomic mass is 16.5. The molecular formula is C32H28N2O5. The van der Waals surface area contributed by atoms with Crippen LogP contribution in [0.15, 0.2) is 103 Å². The van der Waals surface area contributed by atoms with Crippen LogP contribution >= 0.6 is 0 Å². The summed E-state index contributed by atoms with van der Waals surface area (Å²) >= 11 is 0. The van der Waals surface area contributed by atoms with E-state index in [1.807, 2.05) is 43.3 Å². The third-order valence-electron chi connectivity index (χ3n) is 6.73. The molecule has 4 aromatic rings. The van der Waals surface area contributed by atoms with Crippen molar-refractivity contribution in [3.8, 4) is 11.5 Å². The van der Waals surface area contributed by atoms with E-state index in [0.29, 0.717) is 29.2 Å². The topological polar surface area (TPSA) is 89.0 Å². The van der Waals surface area contributed by atoms with Crippen molar-refractivity contribution in [1.82, 2.24) is 9.88 Å². The zero-order valence-electron chi connectivity index (χ0n) is 21.7. The van der Waals surface area contributed by atoms with E-state index in [2.05, 4.69) is 4.98 Å². The summed E-state index contributed by atoms with van der Waals surface area (Å²) in [6, 6.07) is 25.0. The molecule has 0 bridgehead atoms. The lowest BCUT2D eigenvalue weighted by molar-refractivity contribution is -0.140. The van der Waals surface area contributed by atoms with Crippen LogP contribution in [0.1, 0.15) is 33.9 Å². The number of ketones is 1. The number of Topliss-reactive ketones (excluding diaryl/α,β-unsaturated/α-hetero) is 1. The number of aromatic nitrogens is 1. The number of hydrogen-bond donors (Lipinski definition) is 1. The first-order chi connectivity index (χ1) is 19.0. The molecule has 1 unspecified atom stereocenters. The van der Waals surface area contributed by atoms with Gasteiger partial charge in [0.1, 0.15) is 23.9 Å². The Balaban J connectivity index is 1.52. The minimum Gasteiger partial charge on any atom is -0.507 e. The van der Waals surface area contributed by atoms with Crippen LogP contribution in [-0.2, 0) is 22.7 Å². The van der Waals surface area contributed by atoms with E-state index in [0.717, 1.165) is 16.7 Å². The fourth-order valence-electron chi connectivity index (χ4n) is 4.71. The number of aliphatic hydroxyl groups is 1. The third kappa shape index (κ3) is 5.38. The number of carbonyl (C=O) groups excluding carboxylic acids is 2. The van der Waals surface area contributed by atoms with Crippen molar-refractivity contribution < 1.29 is 24.2 Å². The maximum absolute atomic E-state index is 13.4. The molecule has 0 aliphatic carbocycles. The summed E-state index contributed by atoms with van der Waals surface area (Å²) in [7, 11) is 1.57. The molecule has 1 atom stereocenters. The number of aryl methyl sites for hydroxylation is 1. The highest BCUT2D eigenvalue weighted by molar-refractivity contribution is 6.46. The number of carbonyl (C=O) groups is 2. The number of nitrogens with zero attached hydrogens (tertiary/aromatic N) is 2. The highest BCUT2D eigenvalue weighted by Gasteiger charge is 2.46. The predicted molar refractivity (Wildman–Crippen MR) is 147 cm³/mol. The first kappa shape index (κ1) is 25.7. The molecule has 0 spiro atoms. The van der Waals surface area contributed by atoms with E-state index in [1.54, 1.807) is 68.0 Å². The largest absolute Gasteiger partial charge is 0.507 e. The van der Waals surface area contributed by atoms with Crippen molar-refractivity contribution in [2.75, 3.05) is 7.11 Å². The SMILES string of the molecule is COc1ccc(C2/C(=C(/O)c3ccc(OCc4ccccc4)c(C)c3)C(=O)C(=O)N2Cc2cccnc2)cc1. The molecule has 7 heteroatoms. The summed E-state index contributed by atoms with van der Waals surface area (Å²) in [5.41, 5.74) is 3.75. The van der Waals surface area contributed by atoms with Crippen molar-refractivity contribution in [3.05, 3.63) is 131 Å². The molecule has 5 rings (SSSR count). The van der Waals surface area contributed by atoms with Crippen LogP contribution in [0.4, 0.5) is 0 Å². The molecule has 0 radical (unpaired) electrons. The second-order valence-corrected chi connectivity index (χ2v) is 9.32. The summed E-state index contributed by atoms with van der Waals surface area (Å²) in [4.78, 5) is 32.2. The lowest BCUT2D eigenvalue weighted by atomic mass is 9.94. The first-order valence-electron chi connectivity index (χ1n) is 12.6. The van der Waals surface area contributed by atoms with Crippen molar-refractivity contribution in [1.29, 1.82) is 0 Å². The van der Waals surface area contributed by atoms with E-state index in [4.69, 9.17) is 9.47 Å². The fourth-order valence-corrected chi connectivity index (χ4v) is 4.71. The number of benzene rings is 3. The van der Waals surface area contributed by atoms with Crippen molar-refractivity contribution in [2.45, 2.75) is 26.1 Å². The number of pyridine rings is 1. The van der Waals surface area contributed by atoms with Gasteiger partial charge in [0.05, 0.1) is 18.7 Å². The Morgan fingerprint density at radius 2 is 1.69 bits per heavy atom. The van der Waals surface area contributed by atoms with Gasteiger partial charge in [0.15, 0.2) is 0 Å². The standard InChI is InChI=1S/C32H28N2O5/c1-21-17-25(12-15-27(21)39-20-22-7-4-3-5-8-22)30(35)28-29(24-10-13-26(38-2)14-11-24)34(32(37)31(28)36)19-23-9-6-16-33-18-23/h3-18,29,35H,19-20H2,1-2H3/b30-28-. The second-order valence-electron chi connectivity index (χ2n) is 9.32. The molecule has 3 aromatic carbocycles. The van der Waals surface area contributed by atoms with Crippen LogP contribution in [0.25, 0.3) is 5.76 Å². The maximum Gasteiger partial charge on any atom is 0.295 e. The predicted octanol–water partition coefficient (Wildman–Crippen LogP) is 5.60. The fraction of sp³-hybridized carbons (Fsp3) is 0.156. The van der Waals surface area contributed by atoms with Gasteiger partial charge >= 0.3 is 0 Å². The number of ether oxygens (including phenoxy) is 2.